The van der Waals surface area contributed by atoms with E-state index in [0.717, 1.165) is 41.5 Å². The predicted octanol–water partition coefficient (Wildman–Crippen LogP) is 3.92. The monoisotopic (exact) mass is 691 g/mol. The molecule has 14 nitrogen and oxygen atoms in total. The van der Waals surface area contributed by atoms with Gasteiger partial charge in [0, 0.05) is 35.7 Å². The number of nitrogens with one attached hydrogen (secondary N) is 3. The van der Waals surface area contributed by atoms with Crippen molar-refractivity contribution in [3.05, 3.63) is 95.2 Å². The lowest BCUT2D eigenvalue weighted by Crippen LogP contribution is -2.52. The Labute approximate surface area is 283 Å². The lowest BCUT2D eigenvalue weighted by atomic mass is 9.86. The number of pyridine rings is 1. The molecule has 1 heterocycles. The van der Waals surface area contributed by atoms with Crippen LogP contribution in [0.25, 0.3) is 0 Å². The highest BCUT2D eigenvalue weighted by Gasteiger charge is 2.24. The lowest BCUT2D eigenvalue weighted by Gasteiger charge is -2.21. The maximum absolute atomic E-state index is 12.7. The number of hydrogen-bond donors (Lipinski definition) is 5. The quantitative estimate of drug-likeness (QED) is 0.0342. The van der Waals surface area contributed by atoms with Crippen molar-refractivity contribution >= 4 is 45.7 Å². The summed E-state index contributed by atoms with van der Waals surface area (Å²) in [7, 11) is -4.45. The van der Waals surface area contributed by atoms with Gasteiger partial charge in [-0.15, -0.1) is 6.58 Å². The second-order valence-corrected chi connectivity index (χ2v) is 12.5. The van der Waals surface area contributed by atoms with Gasteiger partial charge in [0.15, 0.2) is 5.78 Å². The average Bonchev–Trinajstić information content (AvgIpc) is 3.07. The van der Waals surface area contributed by atoms with Crippen molar-refractivity contribution < 1.29 is 42.0 Å². The Bertz CT molecular complexity index is 1840. The Morgan fingerprint density at radius 1 is 1.04 bits per heavy atom. The Morgan fingerprint density at radius 3 is 2.55 bits per heavy atom. The highest BCUT2D eigenvalue weighted by atomic mass is 32.2. The van der Waals surface area contributed by atoms with Crippen LogP contribution in [0.3, 0.4) is 0 Å². The molecule has 0 aliphatic heterocycles. The number of fused-ring (bicyclic) bond motifs is 1. The number of ketones is 1. The van der Waals surface area contributed by atoms with Crippen LogP contribution in [-0.4, -0.2) is 65.6 Å². The number of allylic oxidation sites excluding steroid dienone is 1. The topological polar surface area (TPSA) is 213 Å². The number of benzene rings is 2. The minimum absolute atomic E-state index is 0.00789. The molecule has 2 aromatic carbocycles. The number of unbranched alkanes of at least 4 members (excludes halogenated alkanes) is 2. The van der Waals surface area contributed by atoms with Gasteiger partial charge in [-0.25, -0.2) is 9.78 Å². The molecule has 0 fully saturated rings. The van der Waals surface area contributed by atoms with Crippen LogP contribution in [0.5, 0.6) is 5.75 Å². The first-order chi connectivity index (χ1) is 23.5. The van der Waals surface area contributed by atoms with Gasteiger partial charge in [-0.1, -0.05) is 24.3 Å². The molecule has 1 aliphatic rings. The molecule has 0 bridgehead atoms. The van der Waals surface area contributed by atoms with E-state index in [1.54, 1.807) is 12.1 Å². The number of hydrazone groups is 1. The van der Waals surface area contributed by atoms with Crippen molar-refractivity contribution in [1.29, 1.82) is 0 Å². The largest absolute Gasteiger partial charge is 0.493 e. The summed E-state index contributed by atoms with van der Waals surface area (Å²) in [4.78, 5) is 52.8. The van der Waals surface area contributed by atoms with E-state index in [9.17, 15) is 37.3 Å². The molecule has 0 saturated heterocycles. The van der Waals surface area contributed by atoms with Crippen molar-refractivity contribution in [2.24, 2.45) is 5.10 Å². The van der Waals surface area contributed by atoms with Crippen molar-refractivity contribution in [1.82, 2.24) is 15.6 Å². The molecular weight excluding hydrogens is 654 g/mol. The molecule has 258 valence electrons. The summed E-state index contributed by atoms with van der Waals surface area (Å²) < 4.78 is 38.3. The van der Waals surface area contributed by atoms with Crippen LogP contribution < -0.4 is 20.8 Å². The summed E-state index contributed by atoms with van der Waals surface area (Å²) in [5.41, 5.74) is 5.47. The Morgan fingerprint density at radius 2 is 1.84 bits per heavy atom. The van der Waals surface area contributed by atoms with Gasteiger partial charge in [0.2, 0.25) is 12.1 Å². The number of anilines is 1. The number of carbonyl (C=O) groups excluding carboxylic acids is 3. The molecule has 2 amide bonds. The van der Waals surface area contributed by atoms with E-state index in [4.69, 9.17) is 4.74 Å². The third-order valence-corrected chi connectivity index (χ3v) is 8.53. The summed E-state index contributed by atoms with van der Waals surface area (Å²) in [5, 5.41) is 18.0. The number of aliphatic carboxylic acids is 1. The Hall–Kier alpha value is -5.41. The Kier molecular flexibility index (Phi) is 12.7. The lowest BCUT2D eigenvalue weighted by molar-refractivity contribution is -0.142. The maximum atomic E-state index is 12.7. The molecular formula is C34H37N5O9S. The van der Waals surface area contributed by atoms with Crippen LogP contribution in [0.4, 0.5) is 5.82 Å². The molecule has 1 atom stereocenters. The van der Waals surface area contributed by atoms with Gasteiger partial charge in [-0.2, -0.15) is 13.5 Å². The van der Waals surface area contributed by atoms with Crippen molar-refractivity contribution in [2.75, 3.05) is 12.0 Å². The van der Waals surface area contributed by atoms with Gasteiger partial charge in [0.25, 0.3) is 16.0 Å². The van der Waals surface area contributed by atoms with Gasteiger partial charge >= 0.3 is 5.97 Å². The molecule has 3 aromatic rings. The van der Waals surface area contributed by atoms with Crippen LogP contribution in [0, 0.1) is 0 Å². The van der Waals surface area contributed by atoms with Crippen molar-refractivity contribution in [3.8, 4) is 5.75 Å². The summed E-state index contributed by atoms with van der Waals surface area (Å²) in [6, 6.07) is 12.0. The first kappa shape index (κ1) is 36.4. The predicted molar refractivity (Wildman–Crippen MR) is 180 cm³/mol. The third-order valence-electron chi connectivity index (χ3n) is 7.61. The SMILES string of the molecule is C=CCc1c(OCCCCCC(=O)N[C@@H](NC(=O)c2ccc(N/N=C/c3ccccc3S(=O)(=O)O)nc2)C(=O)O)ccc2c1CCCC2=O. The van der Waals surface area contributed by atoms with Crippen molar-refractivity contribution in [2.45, 2.75) is 62.4 Å². The molecule has 0 unspecified atom stereocenters. The fourth-order valence-corrected chi connectivity index (χ4v) is 5.89. The van der Waals surface area contributed by atoms with E-state index < -0.39 is 34.1 Å². The minimum atomic E-state index is -4.45. The molecule has 4 rings (SSSR count). The summed E-state index contributed by atoms with van der Waals surface area (Å²) in [5.74, 6) is -1.75. The van der Waals surface area contributed by atoms with E-state index in [1.807, 2.05) is 12.1 Å². The fourth-order valence-electron chi connectivity index (χ4n) is 5.22. The molecule has 1 aromatic heterocycles. The van der Waals surface area contributed by atoms with Gasteiger partial charge in [-0.3, -0.25) is 24.4 Å². The normalized spacial score (nSPS) is 13.3. The van der Waals surface area contributed by atoms with Gasteiger partial charge in [0.1, 0.15) is 16.5 Å². The standard InChI is InChI=1S/C34H37N5O9S/c1-2-9-26-24-11-8-12-27(40)25(24)16-17-28(26)48-19-7-3-4-14-31(41)37-32(34(43)44)38-33(42)23-15-18-30(35-20-23)39-36-21-22-10-5-6-13-29(22)49(45,46)47/h2,5-6,10,13,15-18,20-21,32H,1,3-4,7-9,11-12,14,19H2,(H,35,39)(H,37,41)(H,38,42)(H,43,44)(H,45,46,47)/b36-21+/t32-/m0/s1. The number of carboxylic acid groups (broad SMARTS) is 1. The molecule has 0 saturated carbocycles. The van der Waals surface area contributed by atoms with Crippen LogP contribution in [-0.2, 0) is 32.5 Å². The minimum Gasteiger partial charge on any atom is -0.493 e. The molecule has 1 aliphatic carbocycles. The number of carboxylic acids is 1. The zero-order valence-electron chi connectivity index (χ0n) is 26.6. The number of aromatic nitrogens is 1. The summed E-state index contributed by atoms with van der Waals surface area (Å²) >= 11 is 0. The molecule has 49 heavy (non-hydrogen) atoms. The highest BCUT2D eigenvalue weighted by Crippen LogP contribution is 2.32. The number of nitrogens with zero attached hydrogens (tertiary/aromatic N) is 2. The number of rotatable bonds is 17. The summed E-state index contributed by atoms with van der Waals surface area (Å²) in [6.07, 6.45) is 7.03. The zero-order chi connectivity index (χ0) is 35.4. The fraction of sp³-hybridized carbons (Fsp3) is 0.294. The van der Waals surface area contributed by atoms with Crippen LogP contribution >= 0.6 is 0 Å². The van der Waals surface area contributed by atoms with E-state index >= 15 is 0 Å². The highest BCUT2D eigenvalue weighted by molar-refractivity contribution is 7.86. The molecule has 0 spiro atoms. The smallest absolute Gasteiger partial charge is 0.347 e. The maximum Gasteiger partial charge on any atom is 0.347 e. The molecule has 15 heteroatoms. The van der Waals surface area contributed by atoms with Gasteiger partial charge in [-0.05, 0) is 74.4 Å². The number of carbonyl (C=O) groups is 4. The second-order valence-electron chi connectivity index (χ2n) is 11.1. The van der Waals surface area contributed by atoms with Crippen LogP contribution in [0.2, 0.25) is 0 Å². The first-order valence-corrected chi connectivity index (χ1v) is 17.0. The Balaban J connectivity index is 1.20. The number of hydrogen-bond acceptors (Lipinski definition) is 10. The second kappa shape index (κ2) is 17.1. The zero-order valence-corrected chi connectivity index (χ0v) is 27.4. The van der Waals surface area contributed by atoms with Gasteiger partial charge < -0.3 is 20.5 Å². The summed E-state index contributed by atoms with van der Waals surface area (Å²) in [6.45, 7) is 4.23. The van der Waals surface area contributed by atoms with Gasteiger partial charge in [0.05, 0.1) is 18.4 Å². The average molecular weight is 692 g/mol. The third kappa shape index (κ3) is 10.3. The number of ether oxygens (including phenoxy) is 1. The van der Waals surface area contributed by atoms with Crippen LogP contribution in [0.1, 0.15) is 75.9 Å². The van der Waals surface area contributed by atoms with E-state index in [1.165, 1.54) is 36.5 Å². The van der Waals surface area contributed by atoms with E-state index in [-0.39, 0.29) is 34.0 Å². The first-order valence-electron chi connectivity index (χ1n) is 15.5. The molecule has 5 N–H and O–H groups in total. The van der Waals surface area contributed by atoms with E-state index in [2.05, 4.69) is 32.7 Å². The molecule has 0 radical (unpaired) electrons. The van der Waals surface area contributed by atoms with Crippen LogP contribution in [0.15, 0.2) is 77.4 Å². The van der Waals surface area contributed by atoms with E-state index in [0.29, 0.717) is 38.7 Å². The number of amides is 2. The van der Waals surface area contributed by atoms with Crippen molar-refractivity contribution in [3.63, 3.8) is 0 Å². The number of Topliss-reactive ketones (excluding diaryl/α,β-unsaturated/α-hetero) is 1.